The van der Waals surface area contributed by atoms with Gasteiger partial charge in [0.15, 0.2) is 0 Å². The molecule has 0 saturated carbocycles. The Bertz CT molecular complexity index is 453. The van der Waals surface area contributed by atoms with Gasteiger partial charge in [-0.3, -0.25) is 5.32 Å². The van der Waals surface area contributed by atoms with Crippen molar-refractivity contribution in [1.29, 1.82) is 0 Å². The van der Waals surface area contributed by atoms with E-state index in [2.05, 4.69) is 10.1 Å². The Labute approximate surface area is 110 Å². The molecule has 19 heavy (non-hydrogen) atoms. The SMILES string of the molecule is O=C(OCc1ccccc1)OC(=O)[C@]1(O)CCCN1. The number of esters is 1. The number of benzene rings is 1. The highest BCUT2D eigenvalue weighted by Gasteiger charge is 2.41. The molecule has 6 nitrogen and oxygen atoms in total. The summed E-state index contributed by atoms with van der Waals surface area (Å²) in [5, 5.41) is 12.4. The Hall–Kier alpha value is -1.92. The lowest BCUT2D eigenvalue weighted by molar-refractivity contribution is -0.163. The second-order valence-electron chi connectivity index (χ2n) is 4.30. The van der Waals surface area contributed by atoms with Gasteiger partial charge in [0, 0.05) is 6.42 Å². The summed E-state index contributed by atoms with van der Waals surface area (Å²) in [5.41, 5.74) is -0.990. The van der Waals surface area contributed by atoms with Crippen LogP contribution in [0.2, 0.25) is 0 Å². The first-order valence-corrected chi connectivity index (χ1v) is 6.00. The standard InChI is InChI=1S/C13H15NO5/c15-11(13(17)7-4-8-14-13)19-12(16)18-9-10-5-2-1-3-6-10/h1-3,5-6,14,17H,4,7-9H2/t13-/m1/s1. The molecule has 1 fully saturated rings. The number of ether oxygens (including phenoxy) is 2. The summed E-state index contributed by atoms with van der Waals surface area (Å²) in [5.74, 6) is -1.02. The number of carbonyl (C=O) groups excluding carboxylic acids is 2. The molecule has 1 aliphatic rings. The topological polar surface area (TPSA) is 84.9 Å². The maximum Gasteiger partial charge on any atom is 0.516 e. The molecule has 0 aliphatic carbocycles. The zero-order valence-electron chi connectivity index (χ0n) is 10.3. The third-order valence-corrected chi connectivity index (χ3v) is 2.85. The summed E-state index contributed by atoms with van der Waals surface area (Å²) in [4.78, 5) is 22.9. The maximum atomic E-state index is 11.6. The molecular weight excluding hydrogens is 250 g/mol. The van der Waals surface area contributed by atoms with E-state index < -0.39 is 17.8 Å². The van der Waals surface area contributed by atoms with E-state index in [1.807, 2.05) is 6.07 Å². The normalized spacial score (nSPS) is 21.9. The van der Waals surface area contributed by atoms with Crippen molar-refractivity contribution >= 4 is 12.1 Å². The lowest BCUT2D eigenvalue weighted by Crippen LogP contribution is -2.49. The van der Waals surface area contributed by atoms with Crippen molar-refractivity contribution < 1.29 is 24.2 Å². The van der Waals surface area contributed by atoms with Crippen molar-refractivity contribution in [1.82, 2.24) is 5.32 Å². The fourth-order valence-electron chi connectivity index (χ4n) is 1.81. The minimum absolute atomic E-state index is 0.0127. The van der Waals surface area contributed by atoms with Crippen LogP contribution in [-0.2, 0) is 20.9 Å². The number of hydrogen-bond donors (Lipinski definition) is 2. The van der Waals surface area contributed by atoms with Gasteiger partial charge in [-0.05, 0) is 18.5 Å². The number of hydrogen-bond acceptors (Lipinski definition) is 6. The predicted octanol–water partition coefficient (Wildman–Crippen LogP) is 0.938. The second-order valence-corrected chi connectivity index (χ2v) is 4.30. The quantitative estimate of drug-likeness (QED) is 0.625. The van der Waals surface area contributed by atoms with E-state index in [9.17, 15) is 14.7 Å². The van der Waals surface area contributed by atoms with Crippen LogP contribution in [0.3, 0.4) is 0 Å². The van der Waals surface area contributed by atoms with E-state index in [-0.39, 0.29) is 13.0 Å². The van der Waals surface area contributed by atoms with Crippen LogP contribution in [0.15, 0.2) is 30.3 Å². The molecule has 1 aliphatic heterocycles. The smallest absolute Gasteiger partial charge is 0.429 e. The van der Waals surface area contributed by atoms with Gasteiger partial charge in [0.2, 0.25) is 5.72 Å². The molecule has 102 valence electrons. The lowest BCUT2D eigenvalue weighted by Gasteiger charge is -2.19. The van der Waals surface area contributed by atoms with Crippen LogP contribution in [0.5, 0.6) is 0 Å². The molecule has 2 rings (SSSR count). The highest BCUT2D eigenvalue weighted by atomic mass is 16.7. The summed E-state index contributed by atoms with van der Waals surface area (Å²) >= 11 is 0. The highest BCUT2D eigenvalue weighted by molar-refractivity contribution is 5.87. The number of aliphatic hydroxyl groups is 1. The molecule has 0 bridgehead atoms. The van der Waals surface area contributed by atoms with E-state index in [0.717, 1.165) is 5.56 Å². The molecule has 1 heterocycles. The third kappa shape index (κ3) is 3.52. The van der Waals surface area contributed by atoms with E-state index in [1.54, 1.807) is 24.3 Å². The molecule has 0 amide bonds. The van der Waals surface area contributed by atoms with Gasteiger partial charge < -0.3 is 14.6 Å². The molecule has 2 N–H and O–H groups in total. The van der Waals surface area contributed by atoms with Crippen LogP contribution >= 0.6 is 0 Å². The van der Waals surface area contributed by atoms with E-state index in [1.165, 1.54) is 0 Å². The molecule has 1 atom stereocenters. The van der Waals surface area contributed by atoms with Crippen molar-refractivity contribution in [2.45, 2.75) is 25.2 Å². The zero-order valence-corrected chi connectivity index (χ0v) is 10.3. The van der Waals surface area contributed by atoms with E-state index in [4.69, 9.17) is 4.74 Å². The summed E-state index contributed by atoms with van der Waals surface area (Å²) in [6, 6.07) is 9.01. The van der Waals surface area contributed by atoms with Gasteiger partial charge in [0.25, 0.3) is 0 Å². The van der Waals surface area contributed by atoms with Crippen molar-refractivity contribution in [3.05, 3.63) is 35.9 Å². The summed E-state index contributed by atoms with van der Waals surface area (Å²) in [6.45, 7) is 0.517. The van der Waals surface area contributed by atoms with E-state index >= 15 is 0 Å². The lowest BCUT2D eigenvalue weighted by atomic mass is 10.2. The van der Waals surface area contributed by atoms with Crippen molar-refractivity contribution in [3.63, 3.8) is 0 Å². The van der Waals surface area contributed by atoms with E-state index in [0.29, 0.717) is 13.0 Å². The Kier molecular flexibility index (Phi) is 4.13. The number of carbonyl (C=O) groups is 2. The average molecular weight is 265 g/mol. The molecule has 0 spiro atoms. The first kappa shape index (κ1) is 13.5. The first-order valence-electron chi connectivity index (χ1n) is 6.00. The van der Waals surface area contributed by atoms with Gasteiger partial charge in [0.05, 0.1) is 0 Å². The Morgan fingerprint density at radius 1 is 1.32 bits per heavy atom. The molecule has 0 unspecified atom stereocenters. The van der Waals surface area contributed by atoms with Crippen LogP contribution in [0.4, 0.5) is 4.79 Å². The third-order valence-electron chi connectivity index (χ3n) is 2.85. The van der Waals surface area contributed by atoms with Crippen molar-refractivity contribution in [2.24, 2.45) is 0 Å². The fraction of sp³-hybridized carbons (Fsp3) is 0.385. The summed E-state index contributed by atoms with van der Waals surface area (Å²) < 4.78 is 9.23. The monoisotopic (exact) mass is 265 g/mol. The molecule has 1 aromatic carbocycles. The van der Waals surface area contributed by atoms with Crippen molar-refractivity contribution in [2.75, 3.05) is 6.54 Å². The van der Waals surface area contributed by atoms with Crippen LogP contribution in [0.1, 0.15) is 18.4 Å². The molecule has 1 saturated heterocycles. The van der Waals surface area contributed by atoms with Gasteiger partial charge in [-0.25, -0.2) is 9.59 Å². The highest BCUT2D eigenvalue weighted by Crippen LogP contribution is 2.17. The van der Waals surface area contributed by atoms with Gasteiger partial charge in [-0.2, -0.15) is 0 Å². The van der Waals surface area contributed by atoms with Gasteiger partial charge in [-0.1, -0.05) is 30.3 Å². The first-order chi connectivity index (χ1) is 9.10. The largest absolute Gasteiger partial charge is 0.516 e. The van der Waals surface area contributed by atoms with Crippen molar-refractivity contribution in [3.8, 4) is 0 Å². The maximum absolute atomic E-state index is 11.6. The number of nitrogens with one attached hydrogen (secondary N) is 1. The van der Waals surface area contributed by atoms with Gasteiger partial charge in [-0.15, -0.1) is 0 Å². The fourth-order valence-corrected chi connectivity index (χ4v) is 1.81. The van der Waals surface area contributed by atoms with Crippen LogP contribution in [0.25, 0.3) is 0 Å². The van der Waals surface area contributed by atoms with Crippen LogP contribution < -0.4 is 5.32 Å². The molecular formula is C13H15NO5. The predicted molar refractivity (Wildman–Crippen MR) is 64.9 cm³/mol. The van der Waals surface area contributed by atoms with Gasteiger partial charge in [0.1, 0.15) is 6.61 Å². The minimum atomic E-state index is -1.77. The average Bonchev–Trinajstić information content (AvgIpc) is 2.86. The molecule has 0 aromatic heterocycles. The Morgan fingerprint density at radius 2 is 2.05 bits per heavy atom. The van der Waals surface area contributed by atoms with Crippen LogP contribution in [-0.4, -0.2) is 29.5 Å². The Morgan fingerprint density at radius 3 is 2.68 bits per heavy atom. The Balaban J connectivity index is 1.80. The van der Waals surface area contributed by atoms with Crippen LogP contribution in [0, 0.1) is 0 Å². The molecule has 6 heteroatoms. The summed E-state index contributed by atoms with van der Waals surface area (Å²) in [6.07, 6.45) is -0.251. The molecule has 1 aromatic rings. The summed E-state index contributed by atoms with van der Waals surface area (Å²) in [7, 11) is 0. The minimum Gasteiger partial charge on any atom is -0.429 e. The molecule has 0 radical (unpaired) electrons. The zero-order chi connectivity index (χ0) is 13.7. The number of rotatable bonds is 3. The van der Waals surface area contributed by atoms with Gasteiger partial charge >= 0.3 is 12.1 Å². The second kappa shape index (κ2) is 5.81.